The van der Waals surface area contributed by atoms with Crippen LogP contribution in [0.1, 0.15) is 40.5 Å². The average Bonchev–Trinajstić information content (AvgIpc) is 2.22. The van der Waals surface area contributed by atoms with Crippen LogP contribution in [0.4, 0.5) is 8.78 Å². The van der Waals surface area contributed by atoms with Gasteiger partial charge in [-0.25, -0.2) is 8.78 Å². The maximum Gasteiger partial charge on any atom is 0.261 e. The molecule has 0 aliphatic heterocycles. The molecule has 0 radical (unpaired) electrons. The van der Waals surface area contributed by atoms with E-state index in [1.807, 2.05) is 6.92 Å². The maximum atomic E-state index is 11.9. The van der Waals surface area contributed by atoms with Crippen molar-refractivity contribution >= 4 is 0 Å². The largest absolute Gasteiger partial charge is 0.375 e. The van der Waals surface area contributed by atoms with Crippen LogP contribution in [0.15, 0.2) is 0 Å². The van der Waals surface area contributed by atoms with Crippen LogP contribution in [0.3, 0.4) is 0 Å². The van der Waals surface area contributed by atoms with Crippen molar-refractivity contribution < 1.29 is 13.5 Å². The van der Waals surface area contributed by atoms with Gasteiger partial charge in [0.15, 0.2) is 0 Å². The molecule has 0 fully saturated rings. The molecule has 0 aliphatic rings. The standard InChI is InChI=1S/C14H25F2NO/c1-5-17-12(7-6-9-14(2,3)4)8-10-18-11-13(15)16/h12-13,17H,5,7-8,10-11H2,1-4H3. The number of rotatable bonds is 8. The third-order valence-corrected chi connectivity index (χ3v) is 2.16. The molecule has 0 saturated carbocycles. The fourth-order valence-corrected chi connectivity index (χ4v) is 1.40. The van der Waals surface area contributed by atoms with Gasteiger partial charge in [-0.05, 0) is 33.7 Å². The zero-order valence-electron chi connectivity index (χ0n) is 11.9. The van der Waals surface area contributed by atoms with Crippen molar-refractivity contribution in [2.75, 3.05) is 19.8 Å². The highest BCUT2D eigenvalue weighted by Gasteiger charge is 2.08. The predicted molar refractivity (Wildman–Crippen MR) is 70.8 cm³/mol. The van der Waals surface area contributed by atoms with Crippen LogP contribution < -0.4 is 5.32 Å². The van der Waals surface area contributed by atoms with Crippen molar-refractivity contribution in [2.45, 2.75) is 53.0 Å². The summed E-state index contributed by atoms with van der Waals surface area (Å²) in [6, 6.07) is 0.211. The second-order valence-corrected chi connectivity index (χ2v) is 5.27. The van der Waals surface area contributed by atoms with Gasteiger partial charge >= 0.3 is 0 Å². The molecule has 1 N–H and O–H groups in total. The summed E-state index contributed by atoms with van der Waals surface area (Å²) < 4.78 is 28.6. The van der Waals surface area contributed by atoms with Gasteiger partial charge in [0.25, 0.3) is 6.43 Å². The Morgan fingerprint density at radius 2 is 1.94 bits per heavy atom. The minimum absolute atomic E-state index is 0.00292. The first-order valence-electron chi connectivity index (χ1n) is 6.44. The average molecular weight is 261 g/mol. The third-order valence-electron chi connectivity index (χ3n) is 2.16. The van der Waals surface area contributed by atoms with Crippen LogP contribution >= 0.6 is 0 Å². The molecule has 4 heteroatoms. The van der Waals surface area contributed by atoms with Crippen LogP contribution in [0.2, 0.25) is 0 Å². The van der Waals surface area contributed by atoms with Gasteiger partial charge in [-0.1, -0.05) is 12.8 Å². The number of nitrogens with one attached hydrogen (secondary N) is 1. The first-order chi connectivity index (χ1) is 8.35. The van der Waals surface area contributed by atoms with Crippen molar-refractivity contribution in [1.82, 2.24) is 5.32 Å². The predicted octanol–water partition coefficient (Wildman–Crippen LogP) is 3.08. The van der Waals surface area contributed by atoms with Gasteiger partial charge in [-0.15, -0.1) is 5.92 Å². The number of alkyl halides is 2. The SMILES string of the molecule is CCNC(CC#CC(C)(C)C)CCOCC(F)F. The molecule has 0 heterocycles. The second-order valence-electron chi connectivity index (χ2n) is 5.27. The molecule has 18 heavy (non-hydrogen) atoms. The highest BCUT2D eigenvalue weighted by molar-refractivity contribution is 5.08. The molecule has 0 rings (SSSR count). The lowest BCUT2D eigenvalue weighted by molar-refractivity contribution is 0.0145. The number of halogens is 2. The molecule has 0 aromatic heterocycles. The molecular formula is C14H25F2NO. The van der Waals surface area contributed by atoms with E-state index in [1.165, 1.54) is 0 Å². The van der Waals surface area contributed by atoms with Crippen LogP contribution in [-0.2, 0) is 4.74 Å². The van der Waals surface area contributed by atoms with Crippen molar-refractivity contribution in [1.29, 1.82) is 0 Å². The lowest BCUT2D eigenvalue weighted by Crippen LogP contribution is -2.30. The molecular weight excluding hydrogens is 236 g/mol. The highest BCUT2D eigenvalue weighted by Crippen LogP contribution is 2.10. The Labute approximate surface area is 109 Å². The normalized spacial score (nSPS) is 13.3. The smallest absolute Gasteiger partial charge is 0.261 e. The fourth-order valence-electron chi connectivity index (χ4n) is 1.40. The van der Waals surface area contributed by atoms with E-state index in [-0.39, 0.29) is 11.5 Å². The highest BCUT2D eigenvalue weighted by atomic mass is 19.3. The minimum Gasteiger partial charge on any atom is -0.375 e. The van der Waals surface area contributed by atoms with Gasteiger partial charge < -0.3 is 10.1 Å². The Balaban J connectivity index is 3.94. The lowest BCUT2D eigenvalue weighted by Gasteiger charge is -2.15. The molecule has 1 unspecified atom stereocenters. The van der Waals surface area contributed by atoms with Crippen LogP contribution in [0.5, 0.6) is 0 Å². The van der Waals surface area contributed by atoms with Gasteiger partial charge in [-0.3, -0.25) is 0 Å². The van der Waals surface area contributed by atoms with Gasteiger partial charge in [0.2, 0.25) is 0 Å². The molecule has 2 nitrogen and oxygen atoms in total. The van der Waals surface area contributed by atoms with Crippen molar-refractivity contribution in [2.24, 2.45) is 5.41 Å². The molecule has 0 spiro atoms. The van der Waals surface area contributed by atoms with Crippen molar-refractivity contribution in [3.8, 4) is 11.8 Å². The zero-order valence-corrected chi connectivity index (χ0v) is 11.9. The van der Waals surface area contributed by atoms with E-state index < -0.39 is 13.0 Å². The van der Waals surface area contributed by atoms with E-state index in [2.05, 4.69) is 37.9 Å². The van der Waals surface area contributed by atoms with E-state index >= 15 is 0 Å². The molecule has 0 bridgehead atoms. The molecule has 106 valence electrons. The van der Waals surface area contributed by atoms with Gasteiger partial charge in [0.1, 0.15) is 6.61 Å². The van der Waals surface area contributed by atoms with E-state index in [1.54, 1.807) is 0 Å². The molecule has 0 aromatic carbocycles. The summed E-state index contributed by atoms with van der Waals surface area (Å²) in [6.07, 6.45) is -0.953. The zero-order chi connectivity index (χ0) is 14.0. The lowest BCUT2D eigenvalue weighted by atomic mass is 9.97. The topological polar surface area (TPSA) is 21.3 Å². The number of hydrogen-bond acceptors (Lipinski definition) is 2. The molecule has 0 amide bonds. The Kier molecular flexibility index (Phi) is 8.95. The summed E-state index contributed by atoms with van der Waals surface area (Å²) in [6.45, 7) is 8.92. The molecule has 1 atom stereocenters. The quantitative estimate of drug-likeness (QED) is 0.535. The Bertz CT molecular complexity index is 263. The minimum atomic E-state index is -2.39. The first kappa shape index (κ1) is 17.3. The number of hydrogen-bond donors (Lipinski definition) is 1. The Hall–Kier alpha value is -0.660. The third kappa shape index (κ3) is 11.8. The Morgan fingerprint density at radius 3 is 2.44 bits per heavy atom. The summed E-state index contributed by atoms with van der Waals surface area (Å²) in [4.78, 5) is 0. The monoisotopic (exact) mass is 261 g/mol. The van der Waals surface area contributed by atoms with Crippen LogP contribution in [-0.4, -0.2) is 32.2 Å². The van der Waals surface area contributed by atoms with Crippen molar-refractivity contribution in [3.63, 3.8) is 0 Å². The Morgan fingerprint density at radius 1 is 1.28 bits per heavy atom. The number of ether oxygens (including phenoxy) is 1. The maximum absolute atomic E-state index is 11.9. The summed E-state index contributed by atoms with van der Waals surface area (Å²) >= 11 is 0. The van der Waals surface area contributed by atoms with E-state index in [9.17, 15) is 8.78 Å². The second kappa shape index (κ2) is 9.29. The van der Waals surface area contributed by atoms with Crippen LogP contribution in [0.25, 0.3) is 0 Å². The summed E-state index contributed by atoms with van der Waals surface area (Å²) in [5, 5.41) is 3.29. The first-order valence-corrected chi connectivity index (χ1v) is 6.44. The summed E-state index contributed by atoms with van der Waals surface area (Å²) in [5.74, 6) is 6.31. The summed E-state index contributed by atoms with van der Waals surface area (Å²) in [5.41, 5.74) is 0.00292. The summed E-state index contributed by atoms with van der Waals surface area (Å²) in [7, 11) is 0. The van der Waals surface area contributed by atoms with E-state index in [0.717, 1.165) is 13.0 Å². The van der Waals surface area contributed by atoms with E-state index in [0.29, 0.717) is 13.0 Å². The molecule has 0 aromatic rings. The molecule has 0 saturated heterocycles. The van der Waals surface area contributed by atoms with Crippen molar-refractivity contribution in [3.05, 3.63) is 0 Å². The van der Waals surface area contributed by atoms with E-state index in [4.69, 9.17) is 4.74 Å². The van der Waals surface area contributed by atoms with Gasteiger partial charge in [0, 0.05) is 24.5 Å². The fraction of sp³-hybridized carbons (Fsp3) is 0.857. The van der Waals surface area contributed by atoms with Gasteiger partial charge in [-0.2, -0.15) is 0 Å². The van der Waals surface area contributed by atoms with Crippen LogP contribution in [0, 0.1) is 17.3 Å². The molecule has 0 aliphatic carbocycles. The van der Waals surface area contributed by atoms with Gasteiger partial charge in [0.05, 0.1) is 0 Å².